The van der Waals surface area contributed by atoms with Gasteiger partial charge in [-0.05, 0) is 18.2 Å². The van der Waals surface area contributed by atoms with E-state index in [2.05, 4.69) is 15.3 Å². The van der Waals surface area contributed by atoms with Crippen LogP contribution in [-0.4, -0.2) is 11.0 Å². The molecule has 0 aliphatic rings. The zero-order chi connectivity index (χ0) is 13.5. The molecule has 1 N–H and O–H groups in total. The van der Waals surface area contributed by atoms with E-state index in [0.717, 1.165) is 6.07 Å². The molecule has 0 aliphatic carbocycles. The van der Waals surface area contributed by atoms with Crippen molar-refractivity contribution in [3.8, 4) is 11.9 Å². The number of nitriles is 1. The molecule has 0 radical (unpaired) electrons. The van der Waals surface area contributed by atoms with Crippen molar-refractivity contribution in [1.29, 1.82) is 5.26 Å². The quantitative estimate of drug-likeness (QED) is 0.294. The van der Waals surface area contributed by atoms with Crippen LogP contribution in [0.4, 0.5) is 10.1 Å². The van der Waals surface area contributed by atoms with Crippen molar-refractivity contribution in [2.24, 2.45) is 4.99 Å². The lowest BCUT2D eigenvalue weighted by atomic mass is 10.3. The minimum absolute atomic E-state index is 0.0423. The standard InChI is InChI=1S/C13H9FN4O/c14-12-8-10(6-7-16-12)18-13(17-9-15)19-11-4-2-1-3-5-11/h1-8H,(H,16,17,18). The maximum atomic E-state index is 12.9. The zero-order valence-corrected chi connectivity index (χ0v) is 9.75. The maximum absolute atomic E-state index is 12.9. The highest BCUT2D eigenvalue weighted by Gasteiger charge is 2.03. The molecular weight excluding hydrogens is 247 g/mol. The number of benzene rings is 1. The molecule has 19 heavy (non-hydrogen) atoms. The summed E-state index contributed by atoms with van der Waals surface area (Å²) < 4.78 is 18.3. The molecule has 5 nitrogen and oxygen atoms in total. The molecule has 0 spiro atoms. The fourth-order valence-corrected chi connectivity index (χ4v) is 1.30. The van der Waals surface area contributed by atoms with Crippen LogP contribution in [-0.2, 0) is 0 Å². The second-order valence-corrected chi connectivity index (χ2v) is 3.41. The number of nitrogens with one attached hydrogen (secondary N) is 1. The number of amidine groups is 1. The molecular formula is C13H9FN4O. The normalized spacial score (nSPS) is 10.6. The van der Waals surface area contributed by atoms with Crippen LogP contribution in [0.5, 0.6) is 5.75 Å². The summed E-state index contributed by atoms with van der Waals surface area (Å²) in [4.78, 5) is 7.40. The molecule has 94 valence electrons. The van der Waals surface area contributed by atoms with E-state index in [1.165, 1.54) is 12.3 Å². The number of nitrogens with zero attached hydrogens (tertiary/aromatic N) is 3. The van der Waals surface area contributed by atoms with E-state index in [0.29, 0.717) is 11.4 Å². The van der Waals surface area contributed by atoms with Gasteiger partial charge in [-0.1, -0.05) is 18.2 Å². The number of pyridine rings is 1. The number of hydrogen-bond acceptors (Lipinski definition) is 4. The second-order valence-electron chi connectivity index (χ2n) is 3.41. The highest BCUT2D eigenvalue weighted by atomic mass is 19.1. The van der Waals surface area contributed by atoms with Gasteiger partial charge in [-0.3, -0.25) is 0 Å². The van der Waals surface area contributed by atoms with Crippen LogP contribution < -0.4 is 10.1 Å². The van der Waals surface area contributed by atoms with Gasteiger partial charge in [0.1, 0.15) is 5.75 Å². The van der Waals surface area contributed by atoms with Crippen LogP contribution in [0.1, 0.15) is 0 Å². The number of para-hydroxylation sites is 1. The summed E-state index contributed by atoms with van der Waals surface area (Å²) in [6.45, 7) is 0. The molecule has 0 bridgehead atoms. The molecule has 2 aromatic rings. The van der Waals surface area contributed by atoms with E-state index < -0.39 is 5.95 Å². The SMILES string of the molecule is N#CN/C(=N/c1ccnc(F)c1)Oc1ccccc1. The number of aliphatic imine (C=N–C) groups is 1. The van der Waals surface area contributed by atoms with Gasteiger partial charge < -0.3 is 4.74 Å². The first-order chi connectivity index (χ1) is 9.28. The average Bonchev–Trinajstić information content (AvgIpc) is 2.40. The van der Waals surface area contributed by atoms with Gasteiger partial charge in [-0.25, -0.2) is 10.3 Å². The largest absolute Gasteiger partial charge is 0.425 e. The van der Waals surface area contributed by atoms with Crippen LogP contribution in [0.3, 0.4) is 0 Å². The molecule has 1 aromatic heterocycles. The Hall–Kier alpha value is -2.94. The minimum atomic E-state index is -0.655. The average molecular weight is 256 g/mol. The summed E-state index contributed by atoms with van der Waals surface area (Å²) in [5.74, 6) is -0.143. The van der Waals surface area contributed by atoms with Crippen molar-refractivity contribution in [2.45, 2.75) is 0 Å². The van der Waals surface area contributed by atoms with Gasteiger partial charge in [-0.2, -0.15) is 14.6 Å². The lowest BCUT2D eigenvalue weighted by molar-refractivity contribution is 0.531. The van der Waals surface area contributed by atoms with Gasteiger partial charge in [-0.15, -0.1) is 0 Å². The Balaban J connectivity index is 2.23. The molecule has 2 rings (SSSR count). The van der Waals surface area contributed by atoms with Crippen LogP contribution in [0.25, 0.3) is 0 Å². The monoisotopic (exact) mass is 256 g/mol. The first kappa shape index (κ1) is 12.5. The maximum Gasteiger partial charge on any atom is 0.309 e. The summed E-state index contributed by atoms with van der Waals surface area (Å²) in [5, 5.41) is 10.9. The van der Waals surface area contributed by atoms with Crippen molar-refractivity contribution in [3.63, 3.8) is 0 Å². The second kappa shape index (κ2) is 6.12. The Kier molecular flexibility index (Phi) is 4.03. The van der Waals surface area contributed by atoms with Crippen LogP contribution >= 0.6 is 0 Å². The van der Waals surface area contributed by atoms with Gasteiger partial charge >= 0.3 is 6.02 Å². The summed E-state index contributed by atoms with van der Waals surface area (Å²) in [7, 11) is 0. The zero-order valence-electron chi connectivity index (χ0n) is 9.75. The fraction of sp³-hybridized carbons (Fsp3) is 0. The van der Waals surface area contributed by atoms with E-state index in [-0.39, 0.29) is 6.02 Å². The van der Waals surface area contributed by atoms with Crippen molar-refractivity contribution < 1.29 is 9.13 Å². The molecule has 1 heterocycles. The van der Waals surface area contributed by atoms with E-state index in [1.54, 1.807) is 30.5 Å². The lowest BCUT2D eigenvalue weighted by Crippen LogP contribution is -2.23. The lowest BCUT2D eigenvalue weighted by Gasteiger charge is -2.06. The molecule has 1 aromatic carbocycles. The molecule has 6 heteroatoms. The van der Waals surface area contributed by atoms with Gasteiger partial charge in [0.2, 0.25) is 5.95 Å². The third-order valence-electron chi connectivity index (χ3n) is 2.06. The van der Waals surface area contributed by atoms with Crippen LogP contribution in [0.2, 0.25) is 0 Å². The third-order valence-corrected chi connectivity index (χ3v) is 2.06. The van der Waals surface area contributed by atoms with E-state index in [4.69, 9.17) is 10.00 Å². The molecule has 0 unspecified atom stereocenters. The number of aromatic nitrogens is 1. The molecule has 0 fully saturated rings. The number of halogens is 1. The summed E-state index contributed by atoms with van der Waals surface area (Å²) >= 11 is 0. The number of rotatable bonds is 2. The Morgan fingerprint density at radius 1 is 1.32 bits per heavy atom. The van der Waals surface area contributed by atoms with Crippen molar-refractivity contribution in [2.75, 3.05) is 0 Å². The van der Waals surface area contributed by atoms with Crippen molar-refractivity contribution in [1.82, 2.24) is 10.3 Å². The smallest absolute Gasteiger partial charge is 0.309 e. The predicted octanol–water partition coefficient (Wildman–Crippen LogP) is 2.36. The first-order valence-corrected chi connectivity index (χ1v) is 5.36. The summed E-state index contributed by atoms with van der Waals surface area (Å²) in [6, 6.07) is 11.4. The molecule has 0 aliphatic heterocycles. The number of ether oxygens (including phenoxy) is 1. The van der Waals surface area contributed by atoms with E-state index >= 15 is 0 Å². The Labute approximate surface area is 109 Å². The highest BCUT2D eigenvalue weighted by Crippen LogP contribution is 2.13. The van der Waals surface area contributed by atoms with Gasteiger partial charge in [0, 0.05) is 12.3 Å². The molecule has 0 atom stereocenters. The molecule has 0 saturated carbocycles. The van der Waals surface area contributed by atoms with Gasteiger partial charge in [0.25, 0.3) is 0 Å². The Morgan fingerprint density at radius 2 is 2.11 bits per heavy atom. The predicted molar refractivity (Wildman–Crippen MR) is 67.1 cm³/mol. The Bertz CT molecular complexity index is 622. The first-order valence-electron chi connectivity index (χ1n) is 5.36. The van der Waals surface area contributed by atoms with Gasteiger partial charge in [0.05, 0.1) is 5.69 Å². The highest BCUT2D eigenvalue weighted by molar-refractivity contribution is 5.80. The van der Waals surface area contributed by atoms with E-state index in [9.17, 15) is 4.39 Å². The van der Waals surface area contributed by atoms with Crippen LogP contribution in [0.15, 0.2) is 53.7 Å². The minimum Gasteiger partial charge on any atom is -0.425 e. The Morgan fingerprint density at radius 3 is 2.79 bits per heavy atom. The fourth-order valence-electron chi connectivity index (χ4n) is 1.30. The van der Waals surface area contributed by atoms with Crippen molar-refractivity contribution in [3.05, 3.63) is 54.6 Å². The topological polar surface area (TPSA) is 70.3 Å². The molecule has 0 amide bonds. The summed E-state index contributed by atoms with van der Waals surface area (Å²) in [6.07, 6.45) is 2.99. The molecule has 0 saturated heterocycles. The summed E-state index contributed by atoms with van der Waals surface area (Å²) in [5.41, 5.74) is 0.293. The third kappa shape index (κ3) is 3.78. The van der Waals surface area contributed by atoms with Gasteiger partial charge in [0.15, 0.2) is 6.19 Å². The number of hydrogen-bond donors (Lipinski definition) is 1. The van der Waals surface area contributed by atoms with E-state index in [1.807, 2.05) is 6.07 Å². The van der Waals surface area contributed by atoms with Crippen LogP contribution in [0, 0.1) is 17.4 Å². The van der Waals surface area contributed by atoms with Crippen molar-refractivity contribution >= 4 is 11.7 Å².